The first kappa shape index (κ1) is 12.9. The Morgan fingerprint density at radius 1 is 1.56 bits per heavy atom. The maximum atomic E-state index is 11.9. The van der Waals surface area contributed by atoms with Crippen LogP contribution in [0.25, 0.3) is 0 Å². The lowest BCUT2D eigenvalue weighted by Gasteiger charge is -2.14. The highest BCUT2D eigenvalue weighted by Gasteiger charge is 2.19. The van der Waals surface area contributed by atoms with Crippen molar-refractivity contribution in [3.05, 3.63) is 17.5 Å². The van der Waals surface area contributed by atoms with Crippen LogP contribution in [0.15, 0.2) is 6.07 Å². The van der Waals surface area contributed by atoms with E-state index >= 15 is 0 Å². The summed E-state index contributed by atoms with van der Waals surface area (Å²) in [6.45, 7) is 8.66. The third-order valence-corrected chi connectivity index (χ3v) is 2.73. The van der Waals surface area contributed by atoms with Crippen LogP contribution in [0.5, 0.6) is 0 Å². The van der Waals surface area contributed by atoms with E-state index in [2.05, 4.69) is 5.10 Å². The molecule has 0 saturated carbocycles. The lowest BCUT2D eigenvalue weighted by molar-refractivity contribution is -0.120. The monoisotopic (exact) mass is 223 g/mol. The third-order valence-electron chi connectivity index (χ3n) is 2.73. The average molecular weight is 223 g/mol. The number of hydrogen-bond donors (Lipinski definition) is 1. The molecule has 0 aliphatic rings. The van der Waals surface area contributed by atoms with E-state index in [9.17, 15) is 4.79 Å². The Morgan fingerprint density at radius 3 is 2.69 bits per heavy atom. The fraction of sp³-hybridized carbons (Fsp3) is 0.667. The summed E-state index contributed by atoms with van der Waals surface area (Å²) in [5.74, 6) is 0.274. The SMILES string of the molecule is CCn1nc(C)cc1CC(=O)C(N)C(C)C. The first-order chi connectivity index (χ1) is 7.45. The summed E-state index contributed by atoms with van der Waals surface area (Å²) in [4.78, 5) is 11.9. The van der Waals surface area contributed by atoms with E-state index in [4.69, 9.17) is 5.73 Å². The molecule has 2 N–H and O–H groups in total. The van der Waals surface area contributed by atoms with Gasteiger partial charge in [-0.05, 0) is 25.8 Å². The van der Waals surface area contributed by atoms with Crippen LogP contribution < -0.4 is 5.73 Å². The Labute approximate surface area is 96.8 Å². The number of Topliss-reactive ketones (excluding diaryl/α,β-unsaturated/α-hetero) is 1. The molecule has 0 saturated heterocycles. The molecular formula is C12H21N3O. The first-order valence-electron chi connectivity index (χ1n) is 5.77. The van der Waals surface area contributed by atoms with Crippen LogP contribution in [0.3, 0.4) is 0 Å². The third kappa shape index (κ3) is 2.92. The molecule has 0 amide bonds. The van der Waals surface area contributed by atoms with Crippen molar-refractivity contribution in [2.24, 2.45) is 11.7 Å². The largest absolute Gasteiger partial charge is 0.321 e. The minimum atomic E-state index is -0.375. The van der Waals surface area contributed by atoms with Gasteiger partial charge < -0.3 is 5.73 Å². The molecular weight excluding hydrogens is 202 g/mol. The van der Waals surface area contributed by atoms with Crippen molar-refractivity contribution in [1.82, 2.24) is 9.78 Å². The molecule has 4 heteroatoms. The highest BCUT2D eigenvalue weighted by Crippen LogP contribution is 2.08. The second-order valence-corrected chi connectivity index (χ2v) is 4.51. The van der Waals surface area contributed by atoms with Gasteiger partial charge in [0, 0.05) is 12.2 Å². The Bertz CT molecular complexity index is 368. The fourth-order valence-corrected chi connectivity index (χ4v) is 1.68. The van der Waals surface area contributed by atoms with Crippen LogP contribution >= 0.6 is 0 Å². The molecule has 1 heterocycles. The van der Waals surface area contributed by atoms with E-state index in [0.29, 0.717) is 6.42 Å². The van der Waals surface area contributed by atoms with Gasteiger partial charge in [-0.25, -0.2) is 0 Å². The number of aryl methyl sites for hydroxylation is 2. The van der Waals surface area contributed by atoms with Gasteiger partial charge in [0.1, 0.15) is 0 Å². The number of ketones is 1. The molecule has 4 nitrogen and oxygen atoms in total. The molecule has 0 aromatic carbocycles. The molecule has 0 aliphatic heterocycles. The van der Waals surface area contributed by atoms with Gasteiger partial charge in [0.05, 0.1) is 18.2 Å². The Balaban J connectivity index is 2.76. The number of rotatable bonds is 5. The molecule has 0 spiro atoms. The minimum absolute atomic E-state index is 0.0876. The number of aromatic nitrogens is 2. The fourth-order valence-electron chi connectivity index (χ4n) is 1.68. The lowest BCUT2D eigenvalue weighted by atomic mass is 9.98. The van der Waals surface area contributed by atoms with E-state index in [1.165, 1.54) is 0 Å². The predicted octanol–water partition coefficient (Wildman–Crippen LogP) is 1.31. The van der Waals surface area contributed by atoms with Gasteiger partial charge in [0.25, 0.3) is 0 Å². The Hall–Kier alpha value is -1.16. The molecule has 1 aromatic rings. The zero-order valence-electron chi connectivity index (χ0n) is 10.5. The molecule has 1 rings (SSSR count). The van der Waals surface area contributed by atoms with Crippen LogP contribution in [0.4, 0.5) is 0 Å². The zero-order chi connectivity index (χ0) is 12.3. The second kappa shape index (κ2) is 5.25. The van der Waals surface area contributed by atoms with Crippen molar-refractivity contribution in [3.63, 3.8) is 0 Å². The van der Waals surface area contributed by atoms with Crippen LogP contribution in [0.2, 0.25) is 0 Å². The maximum absolute atomic E-state index is 11.9. The van der Waals surface area contributed by atoms with Crippen molar-refractivity contribution in [1.29, 1.82) is 0 Å². The Morgan fingerprint density at radius 2 is 2.19 bits per heavy atom. The van der Waals surface area contributed by atoms with E-state index in [1.54, 1.807) is 0 Å². The van der Waals surface area contributed by atoms with Crippen molar-refractivity contribution in [2.75, 3.05) is 0 Å². The van der Waals surface area contributed by atoms with Crippen LogP contribution in [0.1, 0.15) is 32.2 Å². The van der Waals surface area contributed by atoms with Gasteiger partial charge >= 0.3 is 0 Å². The van der Waals surface area contributed by atoms with Crippen LogP contribution in [-0.2, 0) is 17.8 Å². The van der Waals surface area contributed by atoms with E-state index in [1.807, 2.05) is 38.4 Å². The molecule has 16 heavy (non-hydrogen) atoms. The molecule has 0 aliphatic carbocycles. The Kier molecular flexibility index (Phi) is 4.24. The number of nitrogens with zero attached hydrogens (tertiary/aromatic N) is 2. The van der Waals surface area contributed by atoms with Gasteiger partial charge in [-0.2, -0.15) is 5.10 Å². The van der Waals surface area contributed by atoms with Gasteiger partial charge in [0.15, 0.2) is 5.78 Å². The molecule has 90 valence electrons. The highest BCUT2D eigenvalue weighted by molar-refractivity contribution is 5.85. The van der Waals surface area contributed by atoms with Crippen molar-refractivity contribution in [2.45, 2.75) is 46.7 Å². The normalized spacial score (nSPS) is 13.1. The van der Waals surface area contributed by atoms with Crippen LogP contribution in [-0.4, -0.2) is 21.6 Å². The zero-order valence-corrected chi connectivity index (χ0v) is 10.5. The summed E-state index contributed by atoms with van der Waals surface area (Å²) >= 11 is 0. The quantitative estimate of drug-likeness (QED) is 0.818. The molecule has 0 fully saturated rings. The summed E-state index contributed by atoms with van der Waals surface area (Å²) < 4.78 is 1.86. The summed E-state index contributed by atoms with van der Waals surface area (Å²) in [6.07, 6.45) is 0.383. The van der Waals surface area contributed by atoms with Crippen LogP contribution in [0, 0.1) is 12.8 Å². The van der Waals surface area contributed by atoms with Crippen molar-refractivity contribution in [3.8, 4) is 0 Å². The predicted molar refractivity (Wildman–Crippen MR) is 64.2 cm³/mol. The number of nitrogens with two attached hydrogens (primary N) is 1. The smallest absolute Gasteiger partial charge is 0.155 e. The summed E-state index contributed by atoms with van der Waals surface area (Å²) in [6, 6.07) is 1.58. The minimum Gasteiger partial charge on any atom is -0.321 e. The second-order valence-electron chi connectivity index (χ2n) is 4.51. The van der Waals surface area contributed by atoms with E-state index in [0.717, 1.165) is 17.9 Å². The number of carbonyl (C=O) groups excluding carboxylic acids is 1. The summed E-state index contributed by atoms with van der Waals surface area (Å²) in [7, 11) is 0. The first-order valence-corrected chi connectivity index (χ1v) is 5.77. The standard InChI is InChI=1S/C12H21N3O/c1-5-15-10(6-9(4)14-15)7-11(16)12(13)8(2)3/h6,8,12H,5,7,13H2,1-4H3. The molecule has 1 atom stereocenters. The van der Waals surface area contributed by atoms with Gasteiger partial charge in [-0.15, -0.1) is 0 Å². The average Bonchev–Trinajstić information content (AvgIpc) is 2.57. The summed E-state index contributed by atoms with van der Waals surface area (Å²) in [5, 5.41) is 4.31. The van der Waals surface area contributed by atoms with Gasteiger partial charge in [-0.1, -0.05) is 13.8 Å². The van der Waals surface area contributed by atoms with Crippen molar-refractivity contribution < 1.29 is 4.79 Å². The molecule has 1 unspecified atom stereocenters. The maximum Gasteiger partial charge on any atom is 0.155 e. The van der Waals surface area contributed by atoms with E-state index < -0.39 is 0 Å². The summed E-state index contributed by atoms with van der Waals surface area (Å²) in [5.41, 5.74) is 7.73. The highest BCUT2D eigenvalue weighted by atomic mass is 16.1. The van der Waals surface area contributed by atoms with Crippen molar-refractivity contribution >= 4 is 5.78 Å². The molecule has 0 bridgehead atoms. The number of carbonyl (C=O) groups is 1. The van der Waals surface area contributed by atoms with Gasteiger partial charge in [-0.3, -0.25) is 9.48 Å². The molecule has 1 aromatic heterocycles. The lowest BCUT2D eigenvalue weighted by Crippen LogP contribution is -2.36. The molecule has 0 radical (unpaired) electrons. The van der Waals surface area contributed by atoms with Gasteiger partial charge in [0.2, 0.25) is 0 Å². The van der Waals surface area contributed by atoms with E-state index in [-0.39, 0.29) is 17.7 Å². The topological polar surface area (TPSA) is 60.9 Å². The number of hydrogen-bond acceptors (Lipinski definition) is 3.